The molecule has 104 valence electrons. The molecule has 0 bridgehead atoms. The van der Waals surface area contributed by atoms with Crippen molar-refractivity contribution < 1.29 is 19.1 Å². The summed E-state index contributed by atoms with van der Waals surface area (Å²) in [5.74, 6) is -0.645. The van der Waals surface area contributed by atoms with Crippen molar-refractivity contribution in [3.63, 3.8) is 0 Å². The minimum atomic E-state index is -0.482. The highest BCUT2D eigenvalue weighted by atomic mass is 16.5. The van der Waals surface area contributed by atoms with E-state index in [0.717, 1.165) is 25.9 Å². The third kappa shape index (κ3) is 4.64. The van der Waals surface area contributed by atoms with E-state index in [-0.39, 0.29) is 18.4 Å². The van der Waals surface area contributed by atoms with E-state index in [2.05, 4.69) is 0 Å². The van der Waals surface area contributed by atoms with Crippen LogP contribution in [-0.4, -0.2) is 49.2 Å². The molecule has 0 saturated carbocycles. The average molecular weight is 257 g/mol. The first-order valence-corrected chi connectivity index (χ1v) is 6.75. The summed E-state index contributed by atoms with van der Waals surface area (Å²) in [6.07, 6.45) is 3.41. The van der Waals surface area contributed by atoms with Gasteiger partial charge in [0.2, 0.25) is 0 Å². The van der Waals surface area contributed by atoms with Gasteiger partial charge in [0.05, 0.1) is 19.6 Å². The van der Waals surface area contributed by atoms with E-state index in [9.17, 15) is 9.59 Å². The van der Waals surface area contributed by atoms with Crippen LogP contribution >= 0.6 is 0 Å². The molecule has 0 amide bonds. The predicted molar refractivity (Wildman–Crippen MR) is 67.1 cm³/mol. The number of carbonyl (C=O) groups is 2. The van der Waals surface area contributed by atoms with Crippen LogP contribution < -0.4 is 0 Å². The first kappa shape index (κ1) is 15.0. The molecule has 1 aliphatic heterocycles. The molecule has 18 heavy (non-hydrogen) atoms. The zero-order valence-electron chi connectivity index (χ0n) is 11.3. The molecule has 1 saturated heterocycles. The Kier molecular flexibility index (Phi) is 6.72. The number of hydrogen-bond acceptors (Lipinski definition) is 5. The maximum atomic E-state index is 11.9. The van der Waals surface area contributed by atoms with E-state index < -0.39 is 6.04 Å². The van der Waals surface area contributed by atoms with E-state index in [0.29, 0.717) is 13.2 Å². The standard InChI is InChI=1S/C13H23NO4/c1-3-17-12(15)10-11(13(16)18-4-2)14-8-6-5-7-9-14/h11H,3-10H2,1-2H3/t11-/m1/s1. The normalized spacial score (nSPS) is 18.1. The second-order valence-corrected chi connectivity index (χ2v) is 4.37. The third-order valence-electron chi connectivity index (χ3n) is 3.06. The number of ether oxygens (including phenoxy) is 2. The lowest BCUT2D eigenvalue weighted by molar-refractivity contribution is -0.156. The monoisotopic (exact) mass is 257 g/mol. The van der Waals surface area contributed by atoms with Crippen molar-refractivity contribution in [3.05, 3.63) is 0 Å². The molecule has 0 unspecified atom stereocenters. The van der Waals surface area contributed by atoms with Crippen LogP contribution in [0.5, 0.6) is 0 Å². The van der Waals surface area contributed by atoms with Gasteiger partial charge < -0.3 is 9.47 Å². The lowest BCUT2D eigenvalue weighted by Gasteiger charge is -2.32. The van der Waals surface area contributed by atoms with E-state index in [1.54, 1.807) is 13.8 Å². The summed E-state index contributed by atoms with van der Waals surface area (Å²) >= 11 is 0. The molecule has 5 heteroatoms. The Morgan fingerprint density at radius 1 is 1.06 bits per heavy atom. The number of nitrogens with zero attached hydrogens (tertiary/aromatic N) is 1. The highest BCUT2D eigenvalue weighted by molar-refractivity contribution is 5.82. The van der Waals surface area contributed by atoms with Crippen molar-refractivity contribution in [2.45, 2.75) is 45.6 Å². The lowest BCUT2D eigenvalue weighted by atomic mass is 10.1. The summed E-state index contributed by atoms with van der Waals surface area (Å²) in [6.45, 7) is 5.92. The van der Waals surface area contributed by atoms with Gasteiger partial charge in [0.15, 0.2) is 0 Å². The van der Waals surface area contributed by atoms with Crippen molar-refractivity contribution in [3.8, 4) is 0 Å². The van der Waals surface area contributed by atoms with Gasteiger partial charge in [0.25, 0.3) is 0 Å². The molecule has 0 aromatic carbocycles. The van der Waals surface area contributed by atoms with E-state index >= 15 is 0 Å². The van der Waals surface area contributed by atoms with Gasteiger partial charge in [-0.15, -0.1) is 0 Å². The smallest absolute Gasteiger partial charge is 0.323 e. The fourth-order valence-corrected chi connectivity index (χ4v) is 2.21. The van der Waals surface area contributed by atoms with Crippen LogP contribution in [0.2, 0.25) is 0 Å². The number of likely N-dealkylation sites (tertiary alicyclic amines) is 1. The lowest BCUT2D eigenvalue weighted by Crippen LogP contribution is -2.46. The first-order chi connectivity index (χ1) is 8.69. The van der Waals surface area contributed by atoms with Crippen molar-refractivity contribution in [2.75, 3.05) is 26.3 Å². The van der Waals surface area contributed by atoms with Crippen LogP contribution in [0.1, 0.15) is 39.5 Å². The van der Waals surface area contributed by atoms with Gasteiger partial charge in [-0.2, -0.15) is 0 Å². The summed E-state index contributed by atoms with van der Waals surface area (Å²) in [6, 6.07) is -0.482. The van der Waals surface area contributed by atoms with Crippen molar-refractivity contribution >= 4 is 11.9 Å². The van der Waals surface area contributed by atoms with Gasteiger partial charge in [0.1, 0.15) is 6.04 Å². The number of hydrogen-bond donors (Lipinski definition) is 0. The Hall–Kier alpha value is -1.10. The Morgan fingerprint density at radius 3 is 2.22 bits per heavy atom. The molecule has 1 aliphatic rings. The van der Waals surface area contributed by atoms with E-state index in [1.807, 2.05) is 4.90 Å². The number of rotatable bonds is 6. The van der Waals surface area contributed by atoms with E-state index in [4.69, 9.17) is 9.47 Å². The molecule has 1 fully saturated rings. The number of carbonyl (C=O) groups excluding carboxylic acids is 2. The zero-order chi connectivity index (χ0) is 13.4. The molecule has 0 aliphatic carbocycles. The summed E-state index contributed by atoms with van der Waals surface area (Å²) < 4.78 is 9.97. The van der Waals surface area contributed by atoms with Crippen LogP contribution in [0.15, 0.2) is 0 Å². The van der Waals surface area contributed by atoms with Crippen molar-refractivity contribution in [1.82, 2.24) is 4.90 Å². The maximum absolute atomic E-state index is 11.9. The molecule has 0 aromatic rings. The maximum Gasteiger partial charge on any atom is 0.323 e. The first-order valence-electron chi connectivity index (χ1n) is 6.75. The second-order valence-electron chi connectivity index (χ2n) is 4.37. The van der Waals surface area contributed by atoms with Gasteiger partial charge in [0, 0.05) is 0 Å². The van der Waals surface area contributed by atoms with Gasteiger partial charge >= 0.3 is 11.9 Å². The Balaban J connectivity index is 2.61. The summed E-state index contributed by atoms with van der Waals surface area (Å²) in [4.78, 5) is 25.5. The molecule has 0 spiro atoms. The van der Waals surface area contributed by atoms with Crippen molar-refractivity contribution in [1.29, 1.82) is 0 Å². The molecular weight excluding hydrogens is 234 g/mol. The molecule has 1 heterocycles. The zero-order valence-corrected chi connectivity index (χ0v) is 11.3. The SMILES string of the molecule is CCOC(=O)C[C@H](C(=O)OCC)N1CCCCC1. The number of esters is 2. The number of piperidine rings is 1. The van der Waals surface area contributed by atoms with Crippen LogP contribution in [0.4, 0.5) is 0 Å². The topological polar surface area (TPSA) is 55.8 Å². The van der Waals surface area contributed by atoms with Gasteiger partial charge in [-0.3, -0.25) is 14.5 Å². The molecular formula is C13H23NO4. The minimum absolute atomic E-state index is 0.0900. The van der Waals surface area contributed by atoms with Crippen molar-refractivity contribution in [2.24, 2.45) is 0 Å². The predicted octanol–water partition coefficient (Wildman–Crippen LogP) is 1.36. The molecule has 1 rings (SSSR count). The highest BCUT2D eigenvalue weighted by Gasteiger charge is 2.30. The van der Waals surface area contributed by atoms with Crippen LogP contribution in [0.25, 0.3) is 0 Å². The minimum Gasteiger partial charge on any atom is -0.466 e. The van der Waals surface area contributed by atoms with E-state index in [1.165, 1.54) is 6.42 Å². The summed E-state index contributed by atoms with van der Waals surface area (Å²) in [5, 5.41) is 0. The van der Waals surface area contributed by atoms with Crippen LogP contribution in [0, 0.1) is 0 Å². The second kappa shape index (κ2) is 8.08. The Morgan fingerprint density at radius 2 is 1.67 bits per heavy atom. The highest BCUT2D eigenvalue weighted by Crippen LogP contribution is 2.16. The molecule has 1 atom stereocenters. The van der Waals surface area contributed by atoms with Gasteiger partial charge in [-0.05, 0) is 39.8 Å². The van der Waals surface area contributed by atoms with Gasteiger partial charge in [-0.25, -0.2) is 0 Å². The fourth-order valence-electron chi connectivity index (χ4n) is 2.21. The Labute approximate surface area is 108 Å². The molecule has 0 radical (unpaired) electrons. The third-order valence-corrected chi connectivity index (χ3v) is 3.06. The van der Waals surface area contributed by atoms with Gasteiger partial charge in [-0.1, -0.05) is 6.42 Å². The Bertz CT molecular complexity index is 274. The largest absolute Gasteiger partial charge is 0.466 e. The summed E-state index contributed by atoms with van der Waals surface area (Å²) in [7, 11) is 0. The average Bonchev–Trinajstić information content (AvgIpc) is 2.37. The molecule has 0 N–H and O–H groups in total. The summed E-state index contributed by atoms with van der Waals surface area (Å²) in [5.41, 5.74) is 0. The van der Waals surface area contributed by atoms with Crippen LogP contribution in [-0.2, 0) is 19.1 Å². The fraction of sp³-hybridized carbons (Fsp3) is 0.846. The van der Waals surface area contributed by atoms with Crippen LogP contribution in [0.3, 0.4) is 0 Å². The molecule has 5 nitrogen and oxygen atoms in total. The molecule has 0 aromatic heterocycles. The quantitative estimate of drug-likeness (QED) is 0.672.